The molecule has 0 aliphatic rings. The van der Waals surface area contributed by atoms with E-state index in [9.17, 15) is 4.79 Å². The number of fused-ring (bicyclic) bond motifs is 2. The van der Waals surface area contributed by atoms with Crippen LogP contribution in [0, 0.1) is 0 Å². The van der Waals surface area contributed by atoms with Crippen LogP contribution in [-0.4, -0.2) is 32.5 Å². The van der Waals surface area contributed by atoms with Gasteiger partial charge in [0.2, 0.25) is 0 Å². The lowest BCUT2D eigenvalue weighted by Gasteiger charge is -2.06. The van der Waals surface area contributed by atoms with Crippen molar-refractivity contribution >= 4 is 33.9 Å². The summed E-state index contributed by atoms with van der Waals surface area (Å²) in [7, 11) is 3.62. The Kier molecular flexibility index (Phi) is 4.34. The van der Waals surface area contributed by atoms with E-state index in [1.54, 1.807) is 19.4 Å². The number of amides is 1. The van der Waals surface area contributed by atoms with Crippen molar-refractivity contribution in [3.8, 4) is 5.75 Å². The molecule has 144 valence electrons. The molecule has 0 saturated carbocycles. The number of nitrogens with zero attached hydrogens (tertiary/aromatic N) is 4. The molecule has 0 saturated heterocycles. The zero-order valence-corrected chi connectivity index (χ0v) is 16.0. The Morgan fingerprint density at radius 3 is 2.93 bits per heavy atom. The van der Waals surface area contributed by atoms with Crippen molar-refractivity contribution in [2.24, 2.45) is 7.05 Å². The Hall–Kier alpha value is -3.62. The number of H-pyrrole nitrogens is 1. The Bertz CT molecular complexity index is 1190. The van der Waals surface area contributed by atoms with Crippen molar-refractivity contribution in [1.29, 1.82) is 0 Å². The third kappa shape index (κ3) is 2.81. The molecule has 3 aromatic heterocycles. The molecular weight excluding hydrogens is 358 g/mol. The van der Waals surface area contributed by atoms with Gasteiger partial charge in [-0.05, 0) is 25.1 Å². The van der Waals surface area contributed by atoms with Crippen molar-refractivity contribution in [2.75, 3.05) is 12.8 Å². The third-order valence-corrected chi connectivity index (χ3v) is 4.88. The van der Waals surface area contributed by atoms with E-state index in [-0.39, 0.29) is 17.4 Å². The number of anilines is 1. The van der Waals surface area contributed by atoms with Crippen molar-refractivity contribution in [1.82, 2.24) is 24.8 Å². The van der Waals surface area contributed by atoms with Crippen LogP contribution in [0.2, 0.25) is 0 Å². The minimum absolute atomic E-state index is 0.0950. The van der Waals surface area contributed by atoms with Crippen molar-refractivity contribution in [3.63, 3.8) is 0 Å². The fraction of sp³-hybridized carbons (Fsp3) is 0.263. The number of rotatable bonds is 5. The van der Waals surface area contributed by atoms with Crippen LogP contribution in [-0.2, 0) is 20.1 Å². The number of aromatic nitrogens is 5. The van der Waals surface area contributed by atoms with Gasteiger partial charge in [-0.15, -0.1) is 0 Å². The Morgan fingerprint density at radius 2 is 2.18 bits per heavy atom. The summed E-state index contributed by atoms with van der Waals surface area (Å²) in [5.41, 5.74) is 9.29. The average Bonchev–Trinajstić information content (AvgIpc) is 3.26. The number of ether oxygens (including phenoxy) is 1. The van der Waals surface area contributed by atoms with E-state index in [2.05, 4.69) is 36.3 Å². The highest BCUT2D eigenvalue weighted by atomic mass is 16.5. The largest absolute Gasteiger partial charge is 0.497 e. The first kappa shape index (κ1) is 17.8. The molecule has 28 heavy (non-hydrogen) atoms. The van der Waals surface area contributed by atoms with Crippen LogP contribution >= 0.6 is 0 Å². The smallest absolute Gasteiger partial charge is 0.276 e. The Labute approximate surface area is 161 Å². The van der Waals surface area contributed by atoms with Crippen molar-refractivity contribution < 1.29 is 14.1 Å². The highest BCUT2D eigenvalue weighted by molar-refractivity contribution is 5.98. The highest BCUT2D eigenvalue weighted by Gasteiger charge is 2.24. The molecule has 9 heteroatoms. The normalized spacial score (nSPS) is 11.2. The molecule has 0 spiro atoms. The van der Waals surface area contributed by atoms with E-state index >= 15 is 0 Å². The maximum absolute atomic E-state index is 12.7. The number of benzene rings is 1. The number of carbonyl (C=O) groups is 1. The monoisotopic (exact) mass is 380 g/mol. The summed E-state index contributed by atoms with van der Waals surface area (Å²) in [4.78, 5) is 24.1. The topological polar surface area (TPSA) is 115 Å². The third-order valence-electron chi connectivity index (χ3n) is 4.88. The lowest BCUT2D eigenvalue weighted by atomic mass is 10.3. The Balaban J connectivity index is 1.65. The molecule has 0 aliphatic heterocycles. The number of aryl methyl sites for hydroxylation is 2. The second-order valence-corrected chi connectivity index (χ2v) is 6.43. The van der Waals surface area contributed by atoms with Gasteiger partial charge in [0.15, 0.2) is 28.2 Å². The van der Waals surface area contributed by atoms with E-state index in [0.717, 1.165) is 29.2 Å². The summed E-state index contributed by atoms with van der Waals surface area (Å²) < 4.78 is 9.54. The van der Waals surface area contributed by atoms with Gasteiger partial charge >= 0.3 is 0 Å². The number of nitrogens with two attached hydrogens (primary N) is 1. The predicted octanol–water partition coefficient (Wildman–Crippen LogP) is 1.28. The Morgan fingerprint density at radius 1 is 1.36 bits per heavy atom. The number of nitrogens with one attached hydrogen (secondary N) is 2. The van der Waals surface area contributed by atoms with Crippen molar-refractivity contribution in [2.45, 2.75) is 20.0 Å². The molecule has 9 nitrogen and oxygen atoms in total. The number of hydrogen-bond donors (Lipinski definition) is 3. The maximum atomic E-state index is 12.7. The van der Waals surface area contributed by atoms with Crippen molar-refractivity contribution in [3.05, 3.63) is 42.0 Å². The predicted molar refractivity (Wildman–Crippen MR) is 105 cm³/mol. The molecule has 4 aromatic rings. The summed E-state index contributed by atoms with van der Waals surface area (Å²) in [6.07, 6.45) is 1.71. The SMILES string of the molecule is CCn1c(CNC(=O)c2nc3cc[nH]c3nc2N)[n+](C)c2ccc(OC)cc21. The van der Waals surface area contributed by atoms with E-state index in [0.29, 0.717) is 17.7 Å². The van der Waals surface area contributed by atoms with Crippen LogP contribution in [0.5, 0.6) is 5.75 Å². The van der Waals surface area contributed by atoms with Crippen LogP contribution < -0.4 is 20.4 Å². The molecule has 0 fully saturated rings. The molecule has 4 N–H and O–H groups in total. The van der Waals surface area contributed by atoms with E-state index in [1.807, 2.05) is 25.2 Å². The van der Waals surface area contributed by atoms with Gasteiger partial charge in [0.1, 0.15) is 17.8 Å². The molecule has 0 aliphatic carbocycles. The molecule has 1 aromatic carbocycles. The number of nitrogen functional groups attached to an aromatic ring is 1. The molecular formula is C19H22N7O2+. The molecule has 4 rings (SSSR count). The van der Waals surface area contributed by atoms with E-state index in [4.69, 9.17) is 10.5 Å². The van der Waals surface area contributed by atoms with Crippen LogP contribution in [0.15, 0.2) is 30.5 Å². The van der Waals surface area contributed by atoms with Crippen LogP contribution in [0.25, 0.3) is 22.2 Å². The number of aromatic amines is 1. The van der Waals surface area contributed by atoms with Gasteiger partial charge in [0.25, 0.3) is 11.7 Å². The summed E-state index contributed by atoms with van der Waals surface area (Å²) in [6, 6.07) is 7.68. The van der Waals surface area contributed by atoms with Gasteiger partial charge in [0.05, 0.1) is 20.7 Å². The summed E-state index contributed by atoms with van der Waals surface area (Å²) in [6.45, 7) is 3.15. The van der Waals surface area contributed by atoms with Gasteiger partial charge in [-0.2, -0.15) is 0 Å². The van der Waals surface area contributed by atoms with E-state index in [1.165, 1.54) is 0 Å². The lowest BCUT2D eigenvalue weighted by molar-refractivity contribution is -0.654. The second-order valence-electron chi connectivity index (χ2n) is 6.43. The average molecular weight is 380 g/mol. The van der Waals surface area contributed by atoms with Gasteiger partial charge in [-0.3, -0.25) is 4.79 Å². The van der Waals surface area contributed by atoms with Crippen LogP contribution in [0.4, 0.5) is 5.82 Å². The number of carbonyl (C=O) groups excluding carboxylic acids is 1. The molecule has 0 bridgehead atoms. The zero-order chi connectivity index (χ0) is 19.8. The first-order chi connectivity index (χ1) is 13.5. The highest BCUT2D eigenvalue weighted by Crippen LogP contribution is 2.21. The first-order valence-corrected chi connectivity index (χ1v) is 8.97. The molecule has 0 atom stereocenters. The van der Waals surface area contributed by atoms with Gasteiger partial charge < -0.3 is 20.8 Å². The molecule has 1 amide bonds. The molecule has 3 heterocycles. The van der Waals surface area contributed by atoms with Crippen LogP contribution in [0.3, 0.4) is 0 Å². The lowest BCUT2D eigenvalue weighted by Crippen LogP contribution is -2.38. The van der Waals surface area contributed by atoms with Gasteiger partial charge in [-0.25, -0.2) is 19.1 Å². The van der Waals surface area contributed by atoms with Gasteiger partial charge in [-0.1, -0.05) is 0 Å². The molecule has 0 unspecified atom stereocenters. The summed E-state index contributed by atoms with van der Waals surface area (Å²) in [5.74, 6) is 1.48. The maximum Gasteiger partial charge on any atom is 0.276 e. The quantitative estimate of drug-likeness (QED) is 0.451. The van der Waals surface area contributed by atoms with E-state index < -0.39 is 0 Å². The standard InChI is InChI=1S/C19H21N7O2/c1-4-26-14-9-11(28-3)5-6-13(14)25(2)15(26)10-22-19(27)16-17(20)24-18-12(23-16)7-8-21-18/h5-9H,4,10H2,1-3H3,(H3-,20,21,22,23,24,27)/p+1. The first-order valence-electron chi connectivity index (χ1n) is 8.97. The van der Waals surface area contributed by atoms with Gasteiger partial charge in [0, 0.05) is 12.3 Å². The summed E-state index contributed by atoms with van der Waals surface area (Å²) >= 11 is 0. The number of hydrogen-bond acceptors (Lipinski definition) is 5. The zero-order valence-electron chi connectivity index (χ0n) is 16.0. The van der Waals surface area contributed by atoms with Crippen LogP contribution in [0.1, 0.15) is 23.2 Å². The summed E-state index contributed by atoms with van der Waals surface area (Å²) in [5, 5.41) is 2.91. The minimum atomic E-state index is -0.362. The number of methoxy groups -OCH3 is 1. The fourth-order valence-corrected chi connectivity index (χ4v) is 3.45. The minimum Gasteiger partial charge on any atom is -0.497 e. The fourth-order valence-electron chi connectivity index (χ4n) is 3.45. The number of imidazole rings is 1. The molecule has 0 radical (unpaired) electrons. The second kappa shape index (κ2) is 6.84.